The molecule has 1 saturated heterocycles. The molecule has 1 atom stereocenters. The molecule has 0 aliphatic carbocycles. The quantitative estimate of drug-likeness (QED) is 0.790. The Hall–Kier alpha value is -1.07. The second-order valence-corrected chi connectivity index (χ2v) is 5.58. The lowest BCUT2D eigenvalue weighted by Gasteiger charge is -2.18. The van der Waals surface area contributed by atoms with E-state index in [1.807, 2.05) is 6.07 Å². The average molecular weight is 347 g/mol. The van der Waals surface area contributed by atoms with Crippen LogP contribution in [0, 0.1) is 5.92 Å². The second-order valence-electron chi connectivity index (χ2n) is 4.25. The van der Waals surface area contributed by atoms with Crippen LogP contribution in [-0.2, 0) is 14.3 Å². The molecule has 1 amide bonds. The zero-order chi connectivity index (χ0) is 14.0. The van der Waals surface area contributed by atoms with Crippen LogP contribution >= 0.6 is 27.5 Å². The number of hydrogen-bond acceptors (Lipinski definition) is 3. The van der Waals surface area contributed by atoms with E-state index in [2.05, 4.69) is 15.9 Å². The van der Waals surface area contributed by atoms with Crippen LogP contribution in [0.5, 0.6) is 0 Å². The lowest BCUT2D eigenvalue weighted by Crippen LogP contribution is -2.26. The lowest BCUT2D eigenvalue weighted by atomic mass is 10.1. The van der Waals surface area contributed by atoms with Gasteiger partial charge in [-0.2, -0.15) is 0 Å². The Morgan fingerprint density at radius 1 is 1.58 bits per heavy atom. The molecule has 1 fully saturated rings. The largest absolute Gasteiger partial charge is 0.466 e. The summed E-state index contributed by atoms with van der Waals surface area (Å²) in [5.41, 5.74) is 0.627. The molecule has 0 spiro atoms. The number of rotatable bonds is 3. The molecule has 1 heterocycles. The maximum Gasteiger partial charge on any atom is 0.311 e. The Balaban J connectivity index is 2.18. The Morgan fingerprint density at radius 3 is 2.95 bits per heavy atom. The molecule has 19 heavy (non-hydrogen) atoms. The van der Waals surface area contributed by atoms with Gasteiger partial charge in [-0.3, -0.25) is 9.59 Å². The summed E-state index contributed by atoms with van der Waals surface area (Å²) in [6.07, 6.45) is 0.172. The van der Waals surface area contributed by atoms with Crippen LogP contribution < -0.4 is 4.90 Å². The zero-order valence-electron chi connectivity index (χ0n) is 10.4. The van der Waals surface area contributed by atoms with Gasteiger partial charge in [0, 0.05) is 17.4 Å². The van der Waals surface area contributed by atoms with E-state index < -0.39 is 5.92 Å². The number of ether oxygens (including phenoxy) is 1. The molecule has 0 saturated carbocycles. The Bertz CT molecular complexity index is 521. The molecule has 4 nitrogen and oxygen atoms in total. The van der Waals surface area contributed by atoms with Gasteiger partial charge >= 0.3 is 5.97 Å². The third-order valence-electron chi connectivity index (χ3n) is 2.95. The molecule has 1 aliphatic heterocycles. The monoisotopic (exact) mass is 345 g/mol. The molecule has 0 aromatic heterocycles. The van der Waals surface area contributed by atoms with Gasteiger partial charge < -0.3 is 9.64 Å². The van der Waals surface area contributed by atoms with Crippen molar-refractivity contribution in [1.29, 1.82) is 0 Å². The number of esters is 1. The van der Waals surface area contributed by atoms with Crippen LogP contribution in [-0.4, -0.2) is 25.0 Å². The van der Waals surface area contributed by atoms with Gasteiger partial charge in [0.25, 0.3) is 0 Å². The summed E-state index contributed by atoms with van der Waals surface area (Å²) in [5.74, 6) is -0.846. The Labute approximate surface area is 124 Å². The highest BCUT2D eigenvalue weighted by Gasteiger charge is 2.36. The van der Waals surface area contributed by atoms with Crippen molar-refractivity contribution < 1.29 is 14.3 Å². The molecule has 0 bridgehead atoms. The number of carbonyl (C=O) groups is 2. The van der Waals surface area contributed by atoms with Crippen LogP contribution in [0.4, 0.5) is 5.69 Å². The third kappa shape index (κ3) is 3.09. The van der Waals surface area contributed by atoms with E-state index in [9.17, 15) is 9.59 Å². The number of halogens is 2. The Kier molecular flexibility index (Phi) is 4.47. The van der Waals surface area contributed by atoms with Gasteiger partial charge in [-0.25, -0.2) is 0 Å². The number of nitrogens with zero attached hydrogens (tertiary/aromatic N) is 1. The fourth-order valence-electron chi connectivity index (χ4n) is 2.06. The van der Waals surface area contributed by atoms with E-state index in [1.54, 1.807) is 19.1 Å². The smallest absolute Gasteiger partial charge is 0.311 e. The van der Waals surface area contributed by atoms with Gasteiger partial charge in [-0.1, -0.05) is 27.5 Å². The number of hydrogen-bond donors (Lipinski definition) is 0. The zero-order valence-corrected chi connectivity index (χ0v) is 12.7. The van der Waals surface area contributed by atoms with Crippen molar-refractivity contribution in [3.8, 4) is 0 Å². The predicted octanol–water partition coefficient (Wildman–Crippen LogP) is 3.02. The van der Waals surface area contributed by atoms with Crippen LogP contribution in [0.15, 0.2) is 22.7 Å². The topological polar surface area (TPSA) is 46.6 Å². The maximum absolute atomic E-state index is 12.0. The van der Waals surface area contributed by atoms with E-state index in [0.29, 0.717) is 23.9 Å². The number of carbonyl (C=O) groups excluding carboxylic acids is 2. The van der Waals surface area contributed by atoms with Crippen molar-refractivity contribution in [2.45, 2.75) is 13.3 Å². The number of benzene rings is 1. The summed E-state index contributed by atoms with van der Waals surface area (Å²) in [7, 11) is 0. The summed E-state index contributed by atoms with van der Waals surface area (Å²) >= 11 is 9.44. The first kappa shape index (κ1) is 14.3. The molecule has 0 radical (unpaired) electrons. The summed E-state index contributed by atoms with van der Waals surface area (Å²) in [6, 6.07) is 5.30. The standard InChI is InChI=1S/C13H13BrClNO3/c1-2-19-13(18)8-5-12(17)16(7-8)11-4-3-9(14)6-10(11)15/h3-4,6,8H,2,5,7H2,1H3/t8-/m1/s1. The first-order valence-corrected chi connectivity index (χ1v) is 7.12. The molecular weight excluding hydrogens is 334 g/mol. The van der Waals surface area contributed by atoms with Crippen LogP contribution in [0.2, 0.25) is 5.02 Å². The highest BCUT2D eigenvalue weighted by molar-refractivity contribution is 9.10. The van der Waals surface area contributed by atoms with E-state index in [-0.39, 0.29) is 18.3 Å². The van der Waals surface area contributed by atoms with Crippen molar-refractivity contribution in [2.24, 2.45) is 5.92 Å². The van der Waals surface area contributed by atoms with Crippen molar-refractivity contribution in [3.05, 3.63) is 27.7 Å². The highest BCUT2D eigenvalue weighted by Crippen LogP contribution is 2.33. The second kappa shape index (κ2) is 5.92. The minimum Gasteiger partial charge on any atom is -0.466 e. The van der Waals surface area contributed by atoms with Crippen LogP contribution in [0.3, 0.4) is 0 Å². The van der Waals surface area contributed by atoms with E-state index in [0.717, 1.165) is 4.47 Å². The van der Waals surface area contributed by atoms with Gasteiger partial charge in [-0.05, 0) is 25.1 Å². The fourth-order valence-corrected chi connectivity index (χ4v) is 2.83. The summed E-state index contributed by atoms with van der Waals surface area (Å²) in [5, 5.41) is 0.479. The van der Waals surface area contributed by atoms with Crippen LogP contribution in [0.25, 0.3) is 0 Å². The van der Waals surface area contributed by atoms with Gasteiger partial charge in [0.1, 0.15) is 0 Å². The summed E-state index contributed by atoms with van der Waals surface area (Å²) in [6.45, 7) is 2.39. The minimum absolute atomic E-state index is 0.109. The molecule has 0 unspecified atom stereocenters. The van der Waals surface area contributed by atoms with Crippen molar-refractivity contribution in [2.75, 3.05) is 18.1 Å². The lowest BCUT2D eigenvalue weighted by molar-refractivity contribution is -0.147. The average Bonchev–Trinajstić information content (AvgIpc) is 2.72. The van der Waals surface area contributed by atoms with Crippen molar-refractivity contribution in [1.82, 2.24) is 0 Å². The molecule has 0 N–H and O–H groups in total. The van der Waals surface area contributed by atoms with Crippen molar-refractivity contribution >= 4 is 45.1 Å². The van der Waals surface area contributed by atoms with E-state index >= 15 is 0 Å². The van der Waals surface area contributed by atoms with Crippen LogP contribution in [0.1, 0.15) is 13.3 Å². The predicted molar refractivity (Wildman–Crippen MR) is 76.2 cm³/mol. The summed E-state index contributed by atoms with van der Waals surface area (Å²) < 4.78 is 5.79. The van der Waals surface area contributed by atoms with E-state index in [4.69, 9.17) is 16.3 Å². The maximum atomic E-state index is 12.0. The van der Waals surface area contributed by atoms with Gasteiger partial charge in [0.05, 0.1) is 23.2 Å². The normalized spacial score (nSPS) is 18.8. The molecular formula is C13H13BrClNO3. The molecule has 1 aromatic carbocycles. The van der Waals surface area contributed by atoms with E-state index in [1.165, 1.54) is 4.90 Å². The molecule has 102 valence electrons. The molecule has 1 aromatic rings. The van der Waals surface area contributed by atoms with Gasteiger partial charge in [0.2, 0.25) is 5.91 Å². The number of anilines is 1. The molecule has 6 heteroatoms. The first-order valence-electron chi connectivity index (χ1n) is 5.95. The molecule has 2 rings (SSSR count). The molecule has 1 aliphatic rings. The minimum atomic E-state index is -0.410. The first-order chi connectivity index (χ1) is 9.02. The SMILES string of the molecule is CCOC(=O)[C@@H]1CC(=O)N(c2ccc(Br)cc2Cl)C1. The Morgan fingerprint density at radius 2 is 2.32 bits per heavy atom. The van der Waals surface area contributed by atoms with Gasteiger partial charge in [-0.15, -0.1) is 0 Å². The third-order valence-corrected chi connectivity index (χ3v) is 3.74. The van der Waals surface area contributed by atoms with Gasteiger partial charge in [0.15, 0.2) is 0 Å². The fraction of sp³-hybridized carbons (Fsp3) is 0.385. The highest BCUT2D eigenvalue weighted by atomic mass is 79.9. The number of amides is 1. The summed E-state index contributed by atoms with van der Waals surface area (Å²) in [4.78, 5) is 25.2. The van der Waals surface area contributed by atoms with Crippen molar-refractivity contribution in [3.63, 3.8) is 0 Å².